The van der Waals surface area contributed by atoms with Gasteiger partial charge in [0, 0.05) is 10.6 Å². The molecule has 1 N–H and O–H groups in total. The number of nitrogens with one attached hydrogen (secondary N) is 1. The molecule has 0 aliphatic heterocycles. The van der Waals surface area contributed by atoms with E-state index in [-0.39, 0.29) is 5.91 Å². The van der Waals surface area contributed by atoms with Crippen molar-refractivity contribution in [1.29, 1.82) is 0 Å². The summed E-state index contributed by atoms with van der Waals surface area (Å²) >= 11 is 1.65. The molecule has 5 heteroatoms. The quantitative estimate of drug-likeness (QED) is 0.667. The Morgan fingerprint density at radius 1 is 1.16 bits per heavy atom. The van der Waals surface area contributed by atoms with Crippen LogP contribution in [0.15, 0.2) is 65.7 Å². The van der Waals surface area contributed by atoms with Crippen molar-refractivity contribution in [3.05, 3.63) is 77.6 Å². The molecule has 0 aliphatic carbocycles. The van der Waals surface area contributed by atoms with Gasteiger partial charge in [-0.3, -0.25) is 9.48 Å². The van der Waals surface area contributed by atoms with Crippen LogP contribution >= 0.6 is 11.8 Å². The summed E-state index contributed by atoms with van der Waals surface area (Å²) in [6.45, 7) is 2.71. The second-order valence-electron chi connectivity index (χ2n) is 5.69. The Labute approximate surface area is 152 Å². The van der Waals surface area contributed by atoms with Gasteiger partial charge in [0.2, 0.25) is 0 Å². The highest BCUT2D eigenvalue weighted by Gasteiger charge is 2.16. The van der Waals surface area contributed by atoms with Gasteiger partial charge in [0.15, 0.2) is 0 Å². The fourth-order valence-corrected chi connectivity index (χ4v) is 3.22. The van der Waals surface area contributed by atoms with E-state index >= 15 is 0 Å². The Morgan fingerprint density at radius 2 is 1.96 bits per heavy atom. The molecule has 3 aromatic rings. The van der Waals surface area contributed by atoms with Gasteiger partial charge in [-0.25, -0.2) is 0 Å². The highest BCUT2D eigenvalue weighted by molar-refractivity contribution is 7.98. The summed E-state index contributed by atoms with van der Waals surface area (Å²) in [6.07, 6.45) is 4.43. The zero-order valence-corrected chi connectivity index (χ0v) is 15.2. The van der Waals surface area contributed by atoms with Crippen molar-refractivity contribution in [1.82, 2.24) is 9.78 Å². The van der Waals surface area contributed by atoms with E-state index in [1.54, 1.807) is 18.0 Å². The van der Waals surface area contributed by atoms with Crippen LogP contribution in [0.2, 0.25) is 0 Å². The number of benzene rings is 2. The number of hydrogen-bond acceptors (Lipinski definition) is 3. The highest BCUT2D eigenvalue weighted by Crippen LogP contribution is 2.20. The van der Waals surface area contributed by atoms with E-state index in [9.17, 15) is 4.79 Å². The van der Waals surface area contributed by atoms with Crippen LogP contribution in [-0.4, -0.2) is 21.9 Å². The smallest absolute Gasteiger partial charge is 0.259 e. The van der Waals surface area contributed by atoms with Crippen LogP contribution in [0.4, 0.5) is 5.69 Å². The zero-order chi connectivity index (χ0) is 17.6. The molecule has 0 radical (unpaired) electrons. The molecule has 0 atom stereocenters. The topological polar surface area (TPSA) is 46.9 Å². The molecule has 0 saturated carbocycles. The molecule has 0 unspecified atom stereocenters. The van der Waals surface area contributed by atoms with Crippen molar-refractivity contribution in [2.45, 2.75) is 24.8 Å². The van der Waals surface area contributed by atoms with Crippen molar-refractivity contribution < 1.29 is 4.79 Å². The number of rotatable bonds is 6. The molecular weight excluding hydrogens is 330 g/mol. The largest absolute Gasteiger partial charge is 0.322 e. The molecule has 2 aromatic carbocycles. The first-order valence-corrected chi connectivity index (χ1v) is 9.47. The standard InChI is InChI=1S/C20H21N3OS/c1-3-19-18(13-21-23(19)14-15-8-5-4-6-9-15)20(24)22-16-10-7-11-17(12-16)25-2/h4-13H,3,14H2,1-2H3,(H,22,24). The molecule has 3 rings (SSSR count). The van der Waals surface area contributed by atoms with Gasteiger partial charge < -0.3 is 5.32 Å². The van der Waals surface area contributed by atoms with Crippen LogP contribution in [0.5, 0.6) is 0 Å². The van der Waals surface area contributed by atoms with E-state index in [1.807, 2.05) is 60.3 Å². The van der Waals surface area contributed by atoms with E-state index in [4.69, 9.17) is 0 Å². The number of hydrogen-bond donors (Lipinski definition) is 1. The van der Waals surface area contributed by atoms with E-state index in [0.717, 1.165) is 22.7 Å². The van der Waals surface area contributed by atoms with E-state index < -0.39 is 0 Å². The van der Waals surface area contributed by atoms with Crippen LogP contribution in [0.3, 0.4) is 0 Å². The Hall–Kier alpha value is -2.53. The lowest BCUT2D eigenvalue weighted by Crippen LogP contribution is -2.15. The second-order valence-corrected chi connectivity index (χ2v) is 6.57. The number of aromatic nitrogens is 2. The number of carbonyl (C=O) groups excluding carboxylic acids is 1. The fraction of sp³-hybridized carbons (Fsp3) is 0.200. The molecule has 1 amide bonds. The summed E-state index contributed by atoms with van der Waals surface area (Å²) in [6, 6.07) is 18.0. The Bertz CT molecular complexity index is 858. The number of thioether (sulfide) groups is 1. The van der Waals surface area contributed by atoms with Crippen molar-refractivity contribution in [3.63, 3.8) is 0 Å². The van der Waals surface area contributed by atoms with Crippen LogP contribution in [0.25, 0.3) is 0 Å². The molecule has 0 saturated heterocycles. The first-order chi connectivity index (χ1) is 12.2. The van der Waals surface area contributed by atoms with Crippen molar-refractivity contribution in [3.8, 4) is 0 Å². The minimum Gasteiger partial charge on any atom is -0.322 e. The Kier molecular flexibility index (Phi) is 5.56. The van der Waals surface area contributed by atoms with Crippen LogP contribution < -0.4 is 5.32 Å². The summed E-state index contributed by atoms with van der Waals surface area (Å²) in [5.74, 6) is -0.116. The van der Waals surface area contributed by atoms with Gasteiger partial charge in [0.25, 0.3) is 5.91 Å². The number of anilines is 1. The van der Waals surface area contributed by atoms with Gasteiger partial charge in [-0.1, -0.05) is 43.3 Å². The molecule has 4 nitrogen and oxygen atoms in total. The Morgan fingerprint density at radius 3 is 2.68 bits per heavy atom. The van der Waals surface area contributed by atoms with Crippen LogP contribution in [0, 0.1) is 0 Å². The average molecular weight is 351 g/mol. The van der Waals surface area contributed by atoms with Gasteiger partial charge in [0.1, 0.15) is 0 Å². The SMILES string of the molecule is CCc1c(C(=O)Nc2cccc(SC)c2)cnn1Cc1ccccc1. The van der Waals surface area contributed by atoms with Gasteiger partial charge in [-0.2, -0.15) is 5.10 Å². The Balaban J connectivity index is 1.80. The predicted molar refractivity (Wildman–Crippen MR) is 103 cm³/mol. The average Bonchev–Trinajstić information content (AvgIpc) is 3.05. The van der Waals surface area contributed by atoms with Crippen molar-refractivity contribution in [2.24, 2.45) is 0 Å². The maximum atomic E-state index is 12.7. The van der Waals surface area contributed by atoms with Gasteiger partial charge in [0.05, 0.1) is 24.0 Å². The van der Waals surface area contributed by atoms with E-state index in [2.05, 4.69) is 22.5 Å². The third-order valence-electron chi connectivity index (χ3n) is 4.03. The van der Waals surface area contributed by atoms with E-state index in [0.29, 0.717) is 12.1 Å². The maximum absolute atomic E-state index is 12.7. The second kappa shape index (κ2) is 8.03. The molecule has 128 valence electrons. The normalized spacial score (nSPS) is 10.6. The summed E-state index contributed by atoms with van der Waals surface area (Å²) in [5, 5.41) is 7.41. The molecule has 0 bridgehead atoms. The zero-order valence-electron chi connectivity index (χ0n) is 14.4. The summed E-state index contributed by atoms with van der Waals surface area (Å²) < 4.78 is 1.91. The van der Waals surface area contributed by atoms with Gasteiger partial charge in [-0.05, 0) is 36.4 Å². The molecule has 1 aromatic heterocycles. The number of nitrogens with zero attached hydrogens (tertiary/aromatic N) is 2. The first-order valence-electron chi connectivity index (χ1n) is 8.25. The number of amides is 1. The number of carbonyl (C=O) groups is 1. The molecule has 0 aliphatic rings. The van der Waals surface area contributed by atoms with Gasteiger partial charge >= 0.3 is 0 Å². The monoisotopic (exact) mass is 351 g/mol. The molecular formula is C20H21N3OS. The third kappa shape index (κ3) is 4.12. The summed E-state index contributed by atoms with van der Waals surface area (Å²) in [7, 11) is 0. The lowest BCUT2D eigenvalue weighted by molar-refractivity contribution is 0.102. The minimum atomic E-state index is -0.116. The lowest BCUT2D eigenvalue weighted by Gasteiger charge is -2.09. The highest BCUT2D eigenvalue weighted by atomic mass is 32.2. The van der Waals surface area contributed by atoms with Gasteiger partial charge in [-0.15, -0.1) is 11.8 Å². The fourth-order valence-electron chi connectivity index (χ4n) is 2.77. The maximum Gasteiger partial charge on any atom is 0.259 e. The summed E-state index contributed by atoms with van der Waals surface area (Å²) in [5.41, 5.74) is 3.55. The lowest BCUT2D eigenvalue weighted by atomic mass is 10.1. The third-order valence-corrected chi connectivity index (χ3v) is 4.76. The molecule has 25 heavy (non-hydrogen) atoms. The van der Waals surface area contributed by atoms with Crippen molar-refractivity contribution in [2.75, 3.05) is 11.6 Å². The van der Waals surface area contributed by atoms with Crippen LogP contribution in [-0.2, 0) is 13.0 Å². The molecule has 0 fully saturated rings. The van der Waals surface area contributed by atoms with Crippen LogP contribution in [0.1, 0.15) is 28.5 Å². The predicted octanol–water partition coefficient (Wildman–Crippen LogP) is 4.47. The first kappa shape index (κ1) is 17.3. The minimum absolute atomic E-state index is 0.116. The molecule has 1 heterocycles. The summed E-state index contributed by atoms with van der Waals surface area (Å²) in [4.78, 5) is 13.8. The molecule has 0 spiro atoms. The van der Waals surface area contributed by atoms with E-state index in [1.165, 1.54) is 5.56 Å². The van der Waals surface area contributed by atoms with Crippen molar-refractivity contribution >= 4 is 23.4 Å².